The summed E-state index contributed by atoms with van der Waals surface area (Å²) in [6.45, 7) is -0.339. The summed E-state index contributed by atoms with van der Waals surface area (Å²) in [5.74, 6) is -2.04. The van der Waals surface area contributed by atoms with Crippen molar-refractivity contribution in [3.63, 3.8) is 0 Å². The number of ether oxygens (including phenoxy) is 1. The van der Waals surface area contributed by atoms with Crippen LogP contribution in [0.4, 0.5) is 10.1 Å². The number of benzene rings is 1. The van der Waals surface area contributed by atoms with Crippen molar-refractivity contribution in [2.75, 3.05) is 12.4 Å². The first-order chi connectivity index (χ1) is 13.4. The van der Waals surface area contributed by atoms with E-state index in [9.17, 15) is 23.6 Å². The average molecular weight is 403 g/mol. The number of esters is 1. The van der Waals surface area contributed by atoms with E-state index >= 15 is 0 Å². The third-order valence-electron chi connectivity index (χ3n) is 3.88. The van der Waals surface area contributed by atoms with Gasteiger partial charge in [0, 0.05) is 11.8 Å². The minimum absolute atomic E-state index is 0.124. The molecular weight excluding hydrogens is 389 g/mol. The molecule has 0 radical (unpaired) electrons. The number of aromatic amines is 1. The fraction of sp³-hybridized carbons (Fsp3) is 0.111. The number of thiophene rings is 1. The minimum Gasteiger partial charge on any atom is -0.465 e. The minimum atomic E-state index is -0.889. The lowest BCUT2D eigenvalue weighted by Gasteiger charge is -2.09. The summed E-state index contributed by atoms with van der Waals surface area (Å²) in [7, 11) is 1.21. The molecule has 0 aliphatic rings. The summed E-state index contributed by atoms with van der Waals surface area (Å²) in [6, 6.07) is 7.17. The third kappa shape index (κ3) is 3.76. The van der Waals surface area contributed by atoms with Gasteiger partial charge in [0.1, 0.15) is 16.3 Å². The van der Waals surface area contributed by atoms with Crippen molar-refractivity contribution in [2.45, 2.75) is 6.54 Å². The Balaban J connectivity index is 1.93. The summed E-state index contributed by atoms with van der Waals surface area (Å²) in [4.78, 5) is 51.3. The molecule has 3 aromatic rings. The zero-order valence-corrected chi connectivity index (χ0v) is 15.3. The quantitative estimate of drug-likeness (QED) is 0.632. The molecule has 0 aliphatic heterocycles. The van der Waals surface area contributed by atoms with Gasteiger partial charge in [-0.25, -0.2) is 14.0 Å². The van der Waals surface area contributed by atoms with Crippen LogP contribution in [0.3, 0.4) is 0 Å². The lowest BCUT2D eigenvalue weighted by molar-refractivity contribution is 0.0607. The molecule has 0 spiro atoms. The second-order valence-corrected chi connectivity index (χ2v) is 6.52. The van der Waals surface area contributed by atoms with Crippen LogP contribution in [0.5, 0.6) is 0 Å². The predicted octanol–water partition coefficient (Wildman–Crippen LogP) is 1.82. The molecule has 10 heteroatoms. The number of amides is 1. The van der Waals surface area contributed by atoms with Gasteiger partial charge in [0.25, 0.3) is 11.5 Å². The highest BCUT2D eigenvalue weighted by atomic mass is 32.1. The van der Waals surface area contributed by atoms with Gasteiger partial charge in [0.2, 0.25) is 0 Å². The SMILES string of the molecule is COC(=O)c1sccc1NC(=O)c1c[nH]c(=O)n(Cc2ccccc2F)c1=O. The highest BCUT2D eigenvalue weighted by Crippen LogP contribution is 2.23. The summed E-state index contributed by atoms with van der Waals surface area (Å²) < 4.78 is 19.2. The van der Waals surface area contributed by atoms with Crippen LogP contribution in [0.15, 0.2) is 51.5 Å². The molecule has 0 fully saturated rings. The molecule has 0 saturated heterocycles. The van der Waals surface area contributed by atoms with Crippen LogP contribution in [0, 0.1) is 5.82 Å². The van der Waals surface area contributed by atoms with Crippen LogP contribution in [0.1, 0.15) is 25.6 Å². The number of anilines is 1. The first-order valence-electron chi connectivity index (χ1n) is 7.95. The van der Waals surface area contributed by atoms with E-state index in [2.05, 4.69) is 15.0 Å². The van der Waals surface area contributed by atoms with Gasteiger partial charge in [-0.15, -0.1) is 11.3 Å². The Morgan fingerprint density at radius 2 is 2.00 bits per heavy atom. The van der Waals surface area contributed by atoms with Crippen molar-refractivity contribution in [1.82, 2.24) is 9.55 Å². The van der Waals surface area contributed by atoms with E-state index in [1.807, 2.05) is 0 Å². The topological polar surface area (TPSA) is 110 Å². The van der Waals surface area contributed by atoms with Crippen LogP contribution in [0.25, 0.3) is 0 Å². The van der Waals surface area contributed by atoms with Crippen molar-refractivity contribution in [3.8, 4) is 0 Å². The van der Waals surface area contributed by atoms with E-state index in [1.54, 1.807) is 11.4 Å². The number of nitrogens with zero attached hydrogens (tertiary/aromatic N) is 1. The van der Waals surface area contributed by atoms with E-state index in [0.717, 1.165) is 22.1 Å². The number of carbonyl (C=O) groups excluding carboxylic acids is 2. The molecule has 0 aliphatic carbocycles. The van der Waals surface area contributed by atoms with E-state index < -0.39 is 28.9 Å². The van der Waals surface area contributed by atoms with Crippen molar-refractivity contribution in [1.29, 1.82) is 0 Å². The van der Waals surface area contributed by atoms with Gasteiger partial charge >= 0.3 is 11.7 Å². The Hall–Kier alpha value is -3.53. The first-order valence-corrected chi connectivity index (χ1v) is 8.83. The highest BCUT2D eigenvalue weighted by Gasteiger charge is 2.20. The van der Waals surface area contributed by atoms with Gasteiger partial charge in [-0.3, -0.25) is 14.2 Å². The standard InChI is InChI=1S/C18H14FN3O5S/c1-27-17(25)14-13(6-7-28-14)21-15(23)11-8-20-18(26)22(16(11)24)9-10-4-2-3-5-12(10)19/h2-8H,9H2,1H3,(H,20,26)(H,21,23). The molecule has 8 nitrogen and oxygen atoms in total. The second-order valence-electron chi connectivity index (χ2n) is 5.60. The Morgan fingerprint density at radius 3 is 2.71 bits per heavy atom. The number of H-pyrrole nitrogens is 1. The molecule has 0 saturated carbocycles. The number of carbonyl (C=O) groups is 2. The van der Waals surface area contributed by atoms with Gasteiger partial charge in [0.05, 0.1) is 19.3 Å². The monoisotopic (exact) mass is 403 g/mol. The number of hydrogen-bond acceptors (Lipinski definition) is 6. The van der Waals surface area contributed by atoms with Crippen LogP contribution < -0.4 is 16.6 Å². The molecule has 2 heterocycles. The number of methoxy groups -OCH3 is 1. The van der Waals surface area contributed by atoms with E-state index in [4.69, 9.17) is 0 Å². The van der Waals surface area contributed by atoms with Crippen molar-refractivity contribution in [3.05, 3.63) is 84.6 Å². The maximum atomic E-state index is 13.9. The van der Waals surface area contributed by atoms with Crippen LogP contribution in [0.2, 0.25) is 0 Å². The van der Waals surface area contributed by atoms with Crippen LogP contribution in [-0.4, -0.2) is 28.5 Å². The normalized spacial score (nSPS) is 10.5. The highest BCUT2D eigenvalue weighted by molar-refractivity contribution is 7.12. The van der Waals surface area contributed by atoms with Crippen LogP contribution >= 0.6 is 11.3 Å². The lowest BCUT2D eigenvalue weighted by Crippen LogP contribution is -2.39. The van der Waals surface area contributed by atoms with E-state index in [-0.39, 0.29) is 28.2 Å². The molecule has 2 aromatic heterocycles. The number of rotatable bonds is 5. The molecule has 2 N–H and O–H groups in total. The summed E-state index contributed by atoms with van der Waals surface area (Å²) >= 11 is 1.06. The van der Waals surface area contributed by atoms with Crippen molar-refractivity contribution >= 4 is 28.9 Å². The zero-order valence-electron chi connectivity index (χ0n) is 14.5. The molecule has 1 amide bonds. The lowest BCUT2D eigenvalue weighted by atomic mass is 10.2. The fourth-order valence-electron chi connectivity index (χ4n) is 2.46. The number of aromatic nitrogens is 2. The zero-order chi connectivity index (χ0) is 20.3. The Labute approximate surface area is 161 Å². The molecular formula is C18H14FN3O5S. The van der Waals surface area contributed by atoms with E-state index in [1.165, 1.54) is 31.4 Å². The molecule has 144 valence electrons. The maximum Gasteiger partial charge on any atom is 0.350 e. The molecule has 0 atom stereocenters. The molecule has 0 unspecified atom stereocenters. The maximum absolute atomic E-state index is 13.9. The summed E-state index contributed by atoms with van der Waals surface area (Å²) in [5, 5.41) is 4.02. The third-order valence-corrected chi connectivity index (χ3v) is 4.77. The Kier molecular flexibility index (Phi) is 5.50. The van der Waals surface area contributed by atoms with Gasteiger partial charge in [-0.05, 0) is 17.5 Å². The number of halogens is 1. The van der Waals surface area contributed by atoms with Crippen LogP contribution in [-0.2, 0) is 11.3 Å². The van der Waals surface area contributed by atoms with Gasteiger partial charge in [-0.1, -0.05) is 18.2 Å². The summed E-state index contributed by atoms with van der Waals surface area (Å²) in [5.41, 5.74) is -1.74. The predicted molar refractivity (Wildman–Crippen MR) is 100 cm³/mol. The largest absolute Gasteiger partial charge is 0.465 e. The number of hydrogen-bond donors (Lipinski definition) is 2. The fourth-order valence-corrected chi connectivity index (χ4v) is 3.23. The van der Waals surface area contributed by atoms with Gasteiger partial charge in [-0.2, -0.15) is 0 Å². The second kappa shape index (κ2) is 8.01. The Morgan fingerprint density at radius 1 is 1.25 bits per heavy atom. The van der Waals surface area contributed by atoms with Crippen molar-refractivity contribution in [2.24, 2.45) is 0 Å². The Bertz CT molecular complexity index is 1160. The molecule has 0 bridgehead atoms. The van der Waals surface area contributed by atoms with Gasteiger partial charge < -0.3 is 15.0 Å². The van der Waals surface area contributed by atoms with Crippen molar-refractivity contribution < 1.29 is 18.7 Å². The molecule has 28 heavy (non-hydrogen) atoms. The number of nitrogens with one attached hydrogen (secondary N) is 2. The molecule has 1 aromatic carbocycles. The summed E-state index contributed by atoms with van der Waals surface area (Å²) in [6.07, 6.45) is 0.974. The smallest absolute Gasteiger partial charge is 0.350 e. The molecule has 3 rings (SSSR count). The average Bonchev–Trinajstić information content (AvgIpc) is 3.13. The van der Waals surface area contributed by atoms with E-state index in [0.29, 0.717) is 0 Å². The first kappa shape index (κ1) is 19.2. The van der Waals surface area contributed by atoms with Gasteiger partial charge in [0.15, 0.2) is 0 Å².